The zero-order valence-electron chi connectivity index (χ0n) is 15.1. The highest BCUT2D eigenvalue weighted by Gasteiger charge is 2.23. The van der Waals surface area contributed by atoms with Gasteiger partial charge in [-0.05, 0) is 77.0 Å². The third kappa shape index (κ3) is 4.98. The van der Waals surface area contributed by atoms with Crippen LogP contribution in [0.3, 0.4) is 0 Å². The van der Waals surface area contributed by atoms with Gasteiger partial charge in [0, 0.05) is 30.1 Å². The molecule has 0 unspecified atom stereocenters. The quantitative estimate of drug-likeness (QED) is 0.326. The average molecular weight is 440 g/mol. The van der Waals surface area contributed by atoms with Crippen LogP contribution in [0.25, 0.3) is 0 Å². The molecule has 1 aliphatic rings. The molecule has 0 bridgehead atoms. The lowest BCUT2D eigenvalue weighted by Gasteiger charge is -2.11. The van der Waals surface area contributed by atoms with Crippen LogP contribution in [0.1, 0.15) is 29.7 Å². The van der Waals surface area contributed by atoms with E-state index in [0.29, 0.717) is 12.3 Å². The average Bonchev–Trinajstić information content (AvgIpc) is 3.51. The number of hydrogen-bond acceptors (Lipinski definition) is 5. The molecule has 0 atom stereocenters. The van der Waals surface area contributed by atoms with Gasteiger partial charge in [0.05, 0.1) is 17.6 Å². The number of hydrogen-bond donors (Lipinski definition) is 1. The van der Waals surface area contributed by atoms with E-state index in [0.717, 1.165) is 39.2 Å². The van der Waals surface area contributed by atoms with Crippen LogP contribution in [0.2, 0.25) is 0 Å². The second-order valence-electron chi connectivity index (χ2n) is 6.85. The number of halogens is 2. The molecule has 1 fully saturated rings. The van der Waals surface area contributed by atoms with E-state index in [1.54, 1.807) is 12.4 Å². The third-order valence-electron chi connectivity index (χ3n) is 4.61. The highest BCUT2D eigenvalue weighted by atomic mass is 79.9. The van der Waals surface area contributed by atoms with Gasteiger partial charge >= 0.3 is 0 Å². The van der Waals surface area contributed by atoms with Crippen molar-refractivity contribution in [2.75, 3.05) is 5.43 Å². The Morgan fingerprint density at radius 2 is 2.04 bits per heavy atom. The molecule has 0 saturated heterocycles. The summed E-state index contributed by atoms with van der Waals surface area (Å²) in [6.45, 7) is 0. The Balaban J connectivity index is 1.63. The lowest BCUT2D eigenvalue weighted by Crippen LogP contribution is -2.10. The van der Waals surface area contributed by atoms with Gasteiger partial charge in [0.25, 0.3) is 0 Å². The highest BCUT2D eigenvalue weighted by molar-refractivity contribution is 9.10. The van der Waals surface area contributed by atoms with Gasteiger partial charge in [-0.2, -0.15) is 9.49 Å². The molecule has 1 N–H and O–H groups in total. The van der Waals surface area contributed by atoms with Crippen LogP contribution in [0.15, 0.2) is 64.7 Å². The molecular formula is C21H19BrFN5. The summed E-state index contributed by atoms with van der Waals surface area (Å²) in [4.78, 5) is 12.4. The Morgan fingerprint density at radius 3 is 2.79 bits per heavy atom. The van der Waals surface area contributed by atoms with Gasteiger partial charge in [0.2, 0.25) is 5.95 Å². The maximum Gasteiger partial charge on any atom is 0.213 e. The molecule has 3 aromatic heterocycles. The molecule has 1 aliphatic carbocycles. The van der Waals surface area contributed by atoms with Crippen molar-refractivity contribution >= 4 is 27.3 Å². The Bertz CT molecular complexity index is 989. The summed E-state index contributed by atoms with van der Waals surface area (Å²) >= 11 is 3.41. The Labute approximate surface area is 171 Å². The van der Waals surface area contributed by atoms with Crippen molar-refractivity contribution < 1.29 is 4.39 Å². The van der Waals surface area contributed by atoms with E-state index in [1.165, 1.54) is 25.1 Å². The maximum absolute atomic E-state index is 13.6. The molecule has 0 radical (unpaired) electrons. The molecular weight excluding hydrogens is 421 g/mol. The van der Waals surface area contributed by atoms with E-state index in [1.807, 2.05) is 30.3 Å². The van der Waals surface area contributed by atoms with E-state index in [4.69, 9.17) is 0 Å². The molecule has 0 amide bonds. The minimum absolute atomic E-state index is 0.461. The van der Waals surface area contributed by atoms with E-state index in [-0.39, 0.29) is 0 Å². The summed E-state index contributed by atoms with van der Waals surface area (Å²) in [5, 5.41) is 4.63. The van der Waals surface area contributed by atoms with E-state index in [9.17, 15) is 4.39 Å². The van der Waals surface area contributed by atoms with Crippen molar-refractivity contribution in [3.05, 3.63) is 82.4 Å². The molecule has 4 rings (SSSR count). The van der Waals surface area contributed by atoms with E-state index in [2.05, 4.69) is 41.4 Å². The highest BCUT2D eigenvalue weighted by Crippen LogP contribution is 2.34. The van der Waals surface area contributed by atoms with Crippen LogP contribution in [0.4, 0.5) is 10.1 Å². The fraction of sp³-hybridized carbons (Fsp3) is 0.238. The number of hydrazone groups is 1. The molecule has 5 nitrogen and oxygen atoms in total. The van der Waals surface area contributed by atoms with Gasteiger partial charge < -0.3 is 0 Å². The summed E-state index contributed by atoms with van der Waals surface area (Å²) in [7, 11) is 0. The van der Waals surface area contributed by atoms with Gasteiger partial charge in [-0.3, -0.25) is 10.4 Å². The Hall–Kier alpha value is -2.67. The molecule has 0 aliphatic heterocycles. The maximum atomic E-state index is 13.6. The first kappa shape index (κ1) is 18.7. The van der Waals surface area contributed by atoms with Gasteiger partial charge in [0.15, 0.2) is 0 Å². The number of rotatable bonds is 7. The molecule has 28 heavy (non-hydrogen) atoms. The van der Waals surface area contributed by atoms with Crippen molar-refractivity contribution in [1.29, 1.82) is 0 Å². The lowest BCUT2D eigenvalue weighted by atomic mass is 10.1. The molecule has 7 heteroatoms. The summed E-state index contributed by atoms with van der Waals surface area (Å²) < 4.78 is 14.4. The first-order chi connectivity index (χ1) is 13.7. The van der Waals surface area contributed by atoms with Crippen molar-refractivity contribution in [3.8, 4) is 0 Å². The topological polar surface area (TPSA) is 63.1 Å². The van der Waals surface area contributed by atoms with Gasteiger partial charge in [0.1, 0.15) is 4.60 Å². The standard InChI is InChI=1S/C21H19BrFN5/c22-20-10-15(6-8-25-20)18(12-17-3-1-2-7-24-17)27-28-19-13-26-21(23)11-16(19)9-14-4-5-14/h1-3,6-8,10-11,13-14,28H,4-5,9,12H2/b27-18-. The predicted octanol–water partition coefficient (Wildman–Crippen LogP) is 4.78. The van der Waals surface area contributed by atoms with Gasteiger partial charge in [-0.1, -0.05) is 6.07 Å². The van der Waals surface area contributed by atoms with Crippen LogP contribution in [0.5, 0.6) is 0 Å². The molecule has 3 heterocycles. The van der Waals surface area contributed by atoms with E-state index < -0.39 is 5.95 Å². The Morgan fingerprint density at radius 1 is 1.14 bits per heavy atom. The second kappa shape index (κ2) is 8.56. The summed E-state index contributed by atoms with van der Waals surface area (Å²) in [5.74, 6) is 0.174. The van der Waals surface area contributed by atoms with Crippen LogP contribution >= 0.6 is 15.9 Å². The minimum atomic E-state index is -0.461. The van der Waals surface area contributed by atoms with Crippen LogP contribution in [0, 0.1) is 11.9 Å². The number of nitrogens with zero attached hydrogens (tertiary/aromatic N) is 4. The molecule has 0 aromatic carbocycles. The molecule has 1 saturated carbocycles. The lowest BCUT2D eigenvalue weighted by molar-refractivity contribution is 0.580. The zero-order chi connectivity index (χ0) is 19.3. The SMILES string of the molecule is Fc1cc(CC2CC2)c(N/N=C(/Cc2ccccn2)c2ccnc(Br)c2)cn1. The second-order valence-corrected chi connectivity index (χ2v) is 7.66. The fourth-order valence-electron chi connectivity index (χ4n) is 2.96. The van der Waals surface area contributed by atoms with Gasteiger partial charge in [-0.25, -0.2) is 9.97 Å². The number of anilines is 1. The molecule has 142 valence electrons. The monoisotopic (exact) mass is 439 g/mol. The van der Waals surface area contributed by atoms with Gasteiger partial charge in [-0.15, -0.1) is 0 Å². The predicted molar refractivity (Wildman–Crippen MR) is 111 cm³/mol. The number of nitrogens with one attached hydrogen (secondary N) is 1. The van der Waals surface area contributed by atoms with Crippen LogP contribution < -0.4 is 5.43 Å². The first-order valence-corrected chi connectivity index (χ1v) is 9.95. The van der Waals surface area contributed by atoms with Crippen molar-refractivity contribution in [1.82, 2.24) is 15.0 Å². The molecule has 3 aromatic rings. The minimum Gasteiger partial charge on any atom is -0.276 e. The van der Waals surface area contributed by atoms with Crippen LogP contribution in [-0.4, -0.2) is 20.7 Å². The third-order valence-corrected chi connectivity index (χ3v) is 5.04. The first-order valence-electron chi connectivity index (χ1n) is 9.16. The fourth-order valence-corrected chi connectivity index (χ4v) is 3.33. The van der Waals surface area contributed by atoms with Crippen molar-refractivity contribution in [2.45, 2.75) is 25.7 Å². The summed E-state index contributed by atoms with van der Waals surface area (Å²) in [5.41, 5.74) is 7.40. The molecule has 0 spiro atoms. The van der Waals surface area contributed by atoms with E-state index >= 15 is 0 Å². The van der Waals surface area contributed by atoms with Crippen molar-refractivity contribution in [2.24, 2.45) is 11.0 Å². The van der Waals surface area contributed by atoms with Crippen LogP contribution in [-0.2, 0) is 12.8 Å². The zero-order valence-corrected chi connectivity index (χ0v) is 16.7. The van der Waals surface area contributed by atoms with Crippen molar-refractivity contribution in [3.63, 3.8) is 0 Å². The Kier molecular flexibility index (Phi) is 5.71. The largest absolute Gasteiger partial charge is 0.276 e. The summed E-state index contributed by atoms with van der Waals surface area (Å²) in [6, 6.07) is 11.1. The number of aromatic nitrogens is 3. The number of pyridine rings is 3. The summed E-state index contributed by atoms with van der Waals surface area (Å²) in [6.07, 6.45) is 8.79. The smallest absolute Gasteiger partial charge is 0.213 e. The normalized spacial score (nSPS) is 14.1.